The van der Waals surface area contributed by atoms with E-state index in [4.69, 9.17) is 11.6 Å². The van der Waals surface area contributed by atoms with Crippen molar-refractivity contribution in [2.75, 3.05) is 0 Å². The van der Waals surface area contributed by atoms with Crippen molar-refractivity contribution in [2.45, 2.75) is 12.6 Å². The van der Waals surface area contributed by atoms with Crippen LogP contribution in [0.25, 0.3) is 0 Å². The number of hydrogen-bond acceptors (Lipinski definition) is 4. The maximum absolute atomic E-state index is 11.8. The summed E-state index contributed by atoms with van der Waals surface area (Å²) in [6.07, 6.45) is 1.37. The summed E-state index contributed by atoms with van der Waals surface area (Å²) >= 11 is 5.95. The number of aromatic nitrogens is 1. The van der Waals surface area contributed by atoms with Gasteiger partial charge in [0, 0.05) is 16.7 Å². The Morgan fingerprint density at radius 3 is 2.71 bits per heavy atom. The molecule has 0 fully saturated rings. The Hall–Kier alpha value is -2.54. The minimum atomic E-state index is -1.24. The first kappa shape index (κ1) is 14.9. The number of carboxylic acids is 1. The van der Waals surface area contributed by atoms with Crippen LogP contribution in [0.15, 0.2) is 41.1 Å². The highest BCUT2D eigenvalue weighted by molar-refractivity contribution is 6.31. The summed E-state index contributed by atoms with van der Waals surface area (Å²) in [6, 6.07) is 6.12. The van der Waals surface area contributed by atoms with Crippen LogP contribution in [0.2, 0.25) is 5.02 Å². The van der Waals surface area contributed by atoms with Crippen molar-refractivity contribution in [3.63, 3.8) is 0 Å². The fraction of sp³-hybridized carbons (Fsp3) is 0.154. The lowest BCUT2D eigenvalue weighted by Crippen LogP contribution is -2.40. The summed E-state index contributed by atoms with van der Waals surface area (Å²) in [5, 5.41) is 17.9. The number of nitrogens with one attached hydrogen (secondary N) is 2. The number of halogens is 1. The molecule has 0 spiro atoms. The molecule has 2 amide bonds. The molecule has 3 N–H and O–H groups in total. The molecule has 0 unspecified atom stereocenters. The van der Waals surface area contributed by atoms with Crippen LogP contribution in [-0.2, 0) is 11.3 Å². The van der Waals surface area contributed by atoms with Crippen LogP contribution < -0.4 is 10.6 Å². The van der Waals surface area contributed by atoms with Crippen LogP contribution >= 0.6 is 11.6 Å². The molecule has 8 heteroatoms. The van der Waals surface area contributed by atoms with E-state index in [1.165, 1.54) is 6.26 Å². The molecule has 2 aromatic rings. The van der Waals surface area contributed by atoms with Crippen LogP contribution in [0.3, 0.4) is 0 Å². The second-order valence-electron chi connectivity index (χ2n) is 4.11. The average molecular weight is 310 g/mol. The molecule has 110 valence electrons. The second kappa shape index (κ2) is 6.76. The Labute approximate surface area is 124 Å². The summed E-state index contributed by atoms with van der Waals surface area (Å²) in [7, 11) is 0. The smallest absolute Gasteiger partial charge is 0.331 e. The zero-order valence-corrected chi connectivity index (χ0v) is 11.5. The number of aliphatic carboxylic acids is 1. The maximum Gasteiger partial charge on any atom is 0.331 e. The highest BCUT2D eigenvalue weighted by atomic mass is 35.5. The van der Waals surface area contributed by atoms with Crippen molar-refractivity contribution in [2.24, 2.45) is 0 Å². The Balaban J connectivity index is 2.01. The summed E-state index contributed by atoms with van der Waals surface area (Å²) in [6.45, 7) is 0.122. The van der Waals surface area contributed by atoms with E-state index in [1.54, 1.807) is 30.3 Å². The lowest BCUT2D eigenvalue weighted by molar-refractivity contribution is -0.139. The summed E-state index contributed by atoms with van der Waals surface area (Å²) in [4.78, 5) is 23.0. The molecular weight excluding hydrogens is 298 g/mol. The number of carboxylic acid groups (broad SMARTS) is 1. The van der Waals surface area contributed by atoms with Gasteiger partial charge in [-0.3, -0.25) is 0 Å². The van der Waals surface area contributed by atoms with Gasteiger partial charge in [0.05, 0.1) is 6.54 Å². The third-order valence-corrected chi connectivity index (χ3v) is 3.00. The van der Waals surface area contributed by atoms with Gasteiger partial charge in [-0.1, -0.05) is 35.0 Å². The van der Waals surface area contributed by atoms with Gasteiger partial charge in [0.15, 0.2) is 6.04 Å². The second-order valence-corrected chi connectivity index (χ2v) is 4.52. The normalized spacial score (nSPS) is 11.7. The van der Waals surface area contributed by atoms with Gasteiger partial charge in [-0.2, -0.15) is 0 Å². The zero-order chi connectivity index (χ0) is 15.2. The van der Waals surface area contributed by atoms with Crippen molar-refractivity contribution in [1.29, 1.82) is 0 Å². The number of amides is 2. The van der Waals surface area contributed by atoms with Gasteiger partial charge in [0.1, 0.15) is 12.0 Å². The van der Waals surface area contributed by atoms with Crippen molar-refractivity contribution >= 4 is 23.6 Å². The van der Waals surface area contributed by atoms with Crippen LogP contribution in [0, 0.1) is 0 Å². The van der Waals surface area contributed by atoms with Gasteiger partial charge in [0.25, 0.3) is 0 Å². The molecular formula is C13H12ClN3O4. The fourth-order valence-corrected chi connectivity index (χ4v) is 1.91. The molecule has 0 aliphatic carbocycles. The quantitative estimate of drug-likeness (QED) is 0.783. The standard InChI is InChI=1S/C13H12ClN3O4/c14-10-4-2-1-3-9(10)11(12(18)19)16-13(20)15-7-8-5-6-21-17-8/h1-6,11H,7H2,(H,18,19)(H2,15,16,20)/t11-/m1/s1. The minimum Gasteiger partial charge on any atom is -0.479 e. The number of carbonyl (C=O) groups excluding carboxylic acids is 1. The molecule has 2 rings (SSSR count). The molecule has 0 bridgehead atoms. The summed E-state index contributed by atoms with van der Waals surface area (Å²) in [5.74, 6) is -1.21. The van der Waals surface area contributed by atoms with E-state index in [0.29, 0.717) is 11.3 Å². The van der Waals surface area contributed by atoms with Gasteiger partial charge < -0.3 is 20.3 Å². The van der Waals surface area contributed by atoms with Crippen molar-refractivity contribution in [3.05, 3.63) is 52.9 Å². The van der Waals surface area contributed by atoms with E-state index < -0.39 is 18.0 Å². The minimum absolute atomic E-state index is 0.122. The Morgan fingerprint density at radius 2 is 2.10 bits per heavy atom. The summed E-state index contributed by atoms with van der Waals surface area (Å²) in [5.41, 5.74) is 0.832. The van der Waals surface area contributed by atoms with E-state index in [-0.39, 0.29) is 11.6 Å². The van der Waals surface area contributed by atoms with E-state index in [0.717, 1.165) is 0 Å². The van der Waals surface area contributed by atoms with E-state index in [1.807, 2.05) is 0 Å². The number of hydrogen-bond donors (Lipinski definition) is 3. The van der Waals surface area contributed by atoms with Gasteiger partial charge in [-0.15, -0.1) is 0 Å². The molecule has 21 heavy (non-hydrogen) atoms. The lowest BCUT2D eigenvalue weighted by atomic mass is 10.1. The number of rotatable bonds is 5. The first-order chi connectivity index (χ1) is 10.1. The fourth-order valence-electron chi connectivity index (χ4n) is 1.66. The van der Waals surface area contributed by atoms with E-state index in [9.17, 15) is 14.7 Å². The van der Waals surface area contributed by atoms with E-state index in [2.05, 4.69) is 20.3 Å². The zero-order valence-electron chi connectivity index (χ0n) is 10.7. The molecule has 0 aliphatic rings. The Kier molecular flexibility index (Phi) is 4.78. The Bertz CT molecular complexity index is 630. The number of benzene rings is 1. The summed E-state index contributed by atoms with van der Waals surface area (Å²) < 4.78 is 4.62. The van der Waals surface area contributed by atoms with Gasteiger partial charge in [-0.05, 0) is 6.07 Å². The monoisotopic (exact) mass is 309 g/mol. The highest BCUT2D eigenvalue weighted by Crippen LogP contribution is 2.22. The number of urea groups is 1. The highest BCUT2D eigenvalue weighted by Gasteiger charge is 2.24. The molecule has 1 aromatic heterocycles. The topological polar surface area (TPSA) is 104 Å². The third-order valence-electron chi connectivity index (χ3n) is 2.66. The van der Waals surface area contributed by atoms with Gasteiger partial charge >= 0.3 is 12.0 Å². The molecule has 1 aromatic carbocycles. The average Bonchev–Trinajstić information content (AvgIpc) is 2.96. The van der Waals surface area contributed by atoms with Crippen molar-refractivity contribution < 1.29 is 19.2 Å². The van der Waals surface area contributed by atoms with Gasteiger partial charge in [0.2, 0.25) is 0 Å². The maximum atomic E-state index is 11.8. The Morgan fingerprint density at radius 1 is 1.33 bits per heavy atom. The van der Waals surface area contributed by atoms with Gasteiger partial charge in [-0.25, -0.2) is 9.59 Å². The molecule has 1 atom stereocenters. The van der Waals surface area contributed by atoms with Crippen molar-refractivity contribution in [1.82, 2.24) is 15.8 Å². The molecule has 1 heterocycles. The first-order valence-electron chi connectivity index (χ1n) is 5.99. The predicted octanol–water partition coefficient (Wildman–Crippen LogP) is 1.95. The SMILES string of the molecule is O=C(NCc1ccon1)N[C@@H](C(=O)O)c1ccccc1Cl. The first-order valence-corrected chi connectivity index (χ1v) is 6.36. The van der Waals surface area contributed by atoms with Crippen LogP contribution in [0.1, 0.15) is 17.3 Å². The van der Waals surface area contributed by atoms with Crippen LogP contribution in [-0.4, -0.2) is 22.3 Å². The van der Waals surface area contributed by atoms with Crippen LogP contribution in [0.4, 0.5) is 4.79 Å². The molecule has 7 nitrogen and oxygen atoms in total. The predicted molar refractivity (Wildman–Crippen MR) is 73.7 cm³/mol. The molecule has 0 saturated heterocycles. The van der Waals surface area contributed by atoms with Crippen LogP contribution in [0.5, 0.6) is 0 Å². The lowest BCUT2D eigenvalue weighted by Gasteiger charge is -2.16. The molecule has 0 saturated carbocycles. The number of carbonyl (C=O) groups is 2. The largest absolute Gasteiger partial charge is 0.479 e. The molecule has 0 radical (unpaired) electrons. The number of nitrogens with zero attached hydrogens (tertiary/aromatic N) is 1. The molecule has 0 aliphatic heterocycles. The van der Waals surface area contributed by atoms with E-state index >= 15 is 0 Å². The third kappa shape index (κ3) is 3.96. The van der Waals surface area contributed by atoms with Crippen molar-refractivity contribution in [3.8, 4) is 0 Å².